The molecule has 0 radical (unpaired) electrons. The molecular weight excluding hydrogens is 380 g/mol. The Bertz CT molecular complexity index is 1150. The summed E-state index contributed by atoms with van der Waals surface area (Å²) in [4.78, 5) is 20.4. The number of benzene rings is 3. The van der Waals surface area contributed by atoms with Crippen molar-refractivity contribution in [3.63, 3.8) is 0 Å². The van der Waals surface area contributed by atoms with Gasteiger partial charge in [-0.25, -0.2) is 4.99 Å². The summed E-state index contributed by atoms with van der Waals surface area (Å²) in [5.41, 5.74) is 4.46. The van der Waals surface area contributed by atoms with Gasteiger partial charge >= 0.3 is 0 Å². The largest absolute Gasteiger partial charge is 0.508 e. The van der Waals surface area contributed by atoms with E-state index < -0.39 is 0 Å². The predicted octanol–water partition coefficient (Wildman–Crippen LogP) is 5.82. The first-order chi connectivity index (χ1) is 14.0. The van der Waals surface area contributed by atoms with Gasteiger partial charge < -0.3 is 5.11 Å². The topological polar surface area (TPSA) is 52.9 Å². The summed E-state index contributed by atoms with van der Waals surface area (Å²) in [6.45, 7) is 3.98. The van der Waals surface area contributed by atoms with Crippen LogP contribution in [0.2, 0.25) is 0 Å². The lowest BCUT2D eigenvalue weighted by atomic mass is 10.1. The van der Waals surface area contributed by atoms with Gasteiger partial charge in [-0.3, -0.25) is 9.69 Å². The minimum Gasteiger partial charge on any atom is -0.508 e. The molecule has 0 atom stereocenters. The van der Waals surface area contributed by atoms with Gasteiger partial charge in [0.1, 0.15) is 5.75 Å². The van der Waals surface area contributed by atoms with Crippen molar-refractivity contribution in [2.45, 2.75) is 13.8 Å². The van der Waals surface area contributed by atoms with Crippen LogP contribution in [0.4, 0.5) is 11.4 Å². The fourth-order valence-electron chi connectivity index (χ4n) is 3.13. The molecule has 0 aromatic heterocycles. The van der Waals surface area contributed by atoms with Gasteiger partial charge in [-0.2, -0.15) is 0 Å². The fraction of sp³-hybridized carbons (Fsp3) is 0.0833. The monoisotopic (exact) mass is 400 g/mol. The van der Waals surface area contributed by atoms with E-state index in [1.807, 2.05) is 68.4 Å². The molecule has 1 amide bonds. The molecule has 0 saturated carbocycles. The quantitative estimate of drug-likeness (QED) is 0.564. The van der Waals surface area contributed by atoms with E-state index in [9.17, 15) is 9.90 Å². The van der Waals surface area contributed by atoms with Crippen LogP contribution in [0.15, 0.2) is 82.7 Å². The van der Waals surface area contributed by atoms with Crippen LogP contribution < -0.4 is 4.90 Å². The first-order valence-electron chi connectivity index (χ1n) is 9.26. The number of para-hydroxylation sites is 2. The normalized spacial score (nSPS) is 16.8. The summed E-state index contributed by atoms with van der Waals surface area (Å²) in [5.74, 6) is 0.0410. The van der Waals surface area contributed by atoms with Crippen LogP contribution in [0.25, 0.3) is 6.08 Å². The maximum absolute atomic E-state index is 13.3. The van der Waals surface area contributed by atoms with Crippen molar-refractivity contribution < 1.29 is 9.90 Å². The highest BCUT2D eigenvalue weighted by molar-refractivity contribution is 8.19. The van der Waals surface area contributed by atoms with Crippen molar-refractivity contribution in [3.05, 3.63) is 94.4 Å². The summed E-state index contributed by atoms with van der Waals surface area (Å²) in [5, 5.41) is 10.4. The highest BCUT2D eigenvalue weighted by Crippen LogP contribution is 2.38. The Morgan fingerprint density at radius 2 is 1.66 bits per heavy atom. The molecule has 1 heterocycles. The Morgan fingerprint density at radius 1 is 0.931 bits per heavy atom. The first kappa shape index (κ1) is 19.0. The molecule has 144 valence electrons. The van der Waals surface area contributed by atoms with Crippen molar-refractivity contribution in [1.82, 2.24) is 0 Å². The van der Waals surface area contributed by atoms with Gasteiger partial charge in [-0.05, 0) is 72.6 Å². The molecule has 3 aromatic carbocycles. The Labute approximate surface area is 174 Å². The molecule has 5 heteroatoms. The molecule has 1 saturated heterocycles. The van der Waals surface area contributed by atoms with Gasteiger partial charge in [0.2, 0.25) is 0 Å². The molecular formula is C24H20N2O2S. The third kappa shape index (κ3) is 3.96. The zero-order chi connectivity index (χ0) is 20.4. The van der Waals surface area contributed by atoms with Gasteiger partial charge in [-0.15, -0.1) is 0 Å². The lowest BCUT2D eigenvalue weighted by Crippen LogP contribution is -2.29. The van der Waals surface area contributed by atoms with Crippen LogP contribution in [-0.2, 0) is 4.79 Å². The van der Waals surface area contributed by atoms with Crippen LogP contribution in [-0.4, -0.2) is 16.2 Å². The summed E-state index contributed by atoms with van der Waals surface area (Å²) < 4.78 is 0. The third-order valence-electron chi connectivity index (χ3n) is 4.66. The number of aliphatic imine (C=N–C) groups is 1. The molecule has 0 aliphatic carbocycles. The highest BCUT2D eigenvalue weighted by Gasteiger charge is 2.35. The van der Waals surface area contributed by atoms with E-state index in [0.29, 0.717) is 10.1 Å². The maximum Gasteiger partial charge on any atom is 0.271 e. The smallest absolute Gasteiger partial charge is 0.271 e. The first-order valence-corrected chi connectivity index (χ1v) is 10.1. The van der Waals surface area contributed by atoms with Crippen LogP contribution in [0.3, 0.4) is 0 Å². The maximum atomic E-state index is 13.3. The van der Waals surface area contributed by atoms with E-state index >= 15 is 0 Å². The number of aromatic hydroxyl groups is 1. The van der Waals surface area contributed by atoms with Gasteiger partial charge in [0.15, 0.2) is 5.17 Å². The number of hydrogen-bond donors (Lipinski definition) is 1. The van der Waals surface area contributed by atoms with E-state index in [4.69, 9.17) is 4.99 Å². The van der Waals surface area contributed by atoms with E-state index in [-0.39, 0.29) is 11.7 Å². The van der Waals surface area contributed by atoms with Gasteiger partial charge in [0, 0.05) is 0 Å². The number of amides is 1. The third-order valence-corrected chi connectivity index (χ3v) is 5.63. The number of carbonyl (C=O) groups excluding carboxylic acids is 1. The number of anilines is 1. The number of amidine groups is 1. The van der Waals surface area contributed by atoms with E-state index in [0.717, 1.165) is 28.1 Å². The second kappa shape index (κ2) is 7.97. The molecule has 1 aliphatic rings. The molecule has 1 N–H and O–H groups in total. The number of phenols is 1. The van der Waals surface area contributed by atoms with Gasteiger partial charge in [0.25, 0.3) is 5.91 Å². The zero-order valence-corrected chi connectivity index (χ0v) is 17.0. The van der Waals surface area contributed by atoms with Crippen LogP contribution in [0.5, 0.6) is 5.75 Å². The molecule has 0 spiro atoms. The van der Waals surface area contributed by atoms with Crippen LogP contribution in [0, 0.1) is 13.8 Å². The molecule has 29 heavy (non-hydrogen) atoms. The van der Waals surface area contributed by atoms with Gasteiger partial charge in [0.05, 0.1) is 16.3 Å². The second-order valence-corrected chi connectivity index (χ2v) is 7.82. The van der Waals surface area contributed by atoms with E-state index in [1.54, 1.807) is 29.2 Å². The van der Waals surface area contributed by atoms with Crippen molar-refractivity contribution >= 4 is 40.3 Å². The van der Waals surface area contributed by atoms with Gasteiger partial charge in [-0.1, -0.05) is 48.5 Å². The number of carbonyl (C=O) groups is 1. The minimum atomic E-state index is -0.125. The molecule has 1 aliphatic heterocycles. The number of thioether (sulfide) groups is 1. The van der Waals surface area contributed by atoms with E-state index in [2.05, 4.69) is 0 Å². The average molecular weight is 401 g/mol. The van der Waals surface area contributed by atoms with Crippen molar-refractivity contribution in [3.8, 4) is 5.75 Å². The second-order valence-electron chi connectivity index (χ2n) is 6.81. The summed E-state index contributed by atoms with van der Waals surface area (Å²) >= 11 is 1.34. The van der Waals surface area contributed by atoms with Crippen LogP contribution in [0.1, 0.15) is 16.7 Å². The van der Waals surface area contributed by atoms with Crippen molar-refractivity contribution in [2.75, 3.05) is 4.90 Å². The molecule has 0 unspecified atom stereocenters. The Kier molecular flexibility index (Phi) is 5.23. The highest BCUT2D eigenvalue weighted by atomic mass is 32.2. The molecule has 0 bridgehead atoms. The summed E-state index contributed by atoms with van der Waals surface area (Å²) in [7, 11) is 0. The van der Waals surface area contributed by atoms with Crippen LogP contribution >= 0.6 is 11.8 Å². The number of aryl methyl sites for hydroxylation is 2. The minimum absolute atomic E-state index is 0.125. The number of rotatable bonds is 3. The molecule has 4 rings (SSSR count). The Hall–Kier alpha value is -3.31. The Balaban J connectivity index is 1.82. The standard InChI is InChI=1S/C24H20N2O2S/c1-16-8-3-5-12-20(16)25-24-26(21-13-6-4-9-17(21)2)23(28)22(29-24)15-18-10-7-11-19(27)14-18/h3-15,27H,1-2H3/b22-15-,25-24?. The summed E-state index contributed by atoms with van der Waals surface area (Å²) in [6.07, 6.45) is 1.79. The average Bonchev–Trinajstić information content (AvgIpc) is 2.99. The predicted molar refractivity (Wildman–Crippen MR) is 121 cm³/mol. The lowest BCUT2D eigenvalue weighted by Gasteiger charge is -2.18. The molecule has 1 fully saturated rings. The van der Waals surface area contributed by atoms with E-state index in [1.165, 1.54) is 11.8 Å². The number of hydrogen-bond acceptors (Lipinski definition) is 4. The SMILES string of the molecule is Cc1ccccc1N=C1S/C(=C\c2cccc(O)c2)C(=O)N1c1ccccc1C. The molecule has 4 nitrogen and oxygen atoms in total. The zero-order valence-electron chi connectivity index (χ0n) is 16.2. The van der Waals surface area contributed by atoms with Crippen molar-refractivity contribution in [2.24, 2.45) is 4.99 Å². The summed E-state index contributed by atoms with van der Waals surface area (Å²) in [6, 6.07) is 22.5. The Morgan fingerprint density at radius 3 is 2.38 bits per heavy atom. The molecule has 3 aromatic rings. The number of nitrogens with zero attached hydrogens (tertiary/aromatic N) is 2. The number of phenolic OH excluding ortho intramolecular Hbond substituents is 1. The van der Waals surface area contributed by atoms with Crippen molar-refractivity contribution in [1.29, 1.82) is 0 Å². The fourth-order valence-corrected chi connectivity index (χ4v) is 4.12. The lowest BCUT2D eigenvalue weighted by molar-refractivity contribution is -0.113.